The second-order valence-electron chi connectivity index (χ2n) is 2.38. The van der Waals surface area contributed by atoms with Gasteiger partial charge in [-0.1, -0.05) is 0 Å². The zero-order valence-corrected chi connectivity index (χ0v) is 6.62. The Morgan fingerprint density at radius 3 is 3.18 bits per heavy atom. The number of esters is 1. The minimum absolute atomic E-state index is 0.162. The van der Waals surface area contributed by atoms with Gasteiger partial charge in [0.25, 0.3) is 0 Å². The second kappa shape index (κ2) is 3.95. The van der Waals surface area contributed by atoms with Crippen molar-refractivity contribution in [3.05, 3.63) is 0 Å². The second-order valence-corrected chi connectivity index (χ2v) is 2.38. The molecule has 0 atom stereocenters. The predicted molar refractivity (Wildman–Crippen MR) is 41.6 cm³/mol. The fourth-order valence-electron chi connectivity index (χ4n) is 0.924. The highest BCUT2D eigenvalue weighted by Crippen LogP contribution is 1.95. The molecule has 4 nitrogen and oxygen atoms in total. The first-order chi connectivity index (χ1) is 5.33. The Bertz CT molecular complexity index is 168. The smallest absolute Gasteiger partial charge is 0.307 e. The molecule has 0 aromatic heterocycles. The van der Waals surface area contributed by atoms with Crippen LogP contribution in [0.15, 0.2) is 4.99 Å². The largest absolute Gasteiger partial charge is 0.469 e. The van der Waals surface area contributed by atoms with Crippen LogP contribution in [0.2, 0.25) is 0 Å². The Kier molecular flexibility index (Phi) is 2.89. The molecule has 0 bridgehead atoms. The van der Waals surface area contributed by atoms with Gasteiger partial charge in [-0.05, 0) is 0 Å². The van der Waals surface area contributed by atoms with E-state index in [4.69, 9.17) is 0 Å². The number of carbonyl (C=O) groups is 1. The van der Waals surface area contributed by atoms with Crippen LogP contribution in [0.25, 0.3) is 0 Å². The summed E-state index contributed by atoms with van der Waals surface area (Å²) in [6, 6.07) is 0. The summed E-state index contributed by atoms with van der Waals surface area (Å²) < 4.78 is 4.50. The van der Waals surface area contributed by atoms with Crippen molar-refractivity contribution in [2.75, 3.05) is 26.7 Å². The van der Waals surface area contributed by atoms with Crippen molar-refractivity contribution in [3.63, 3.8) is 0 Å². The van der Waals surface area contributed by atoms with Crippen LogP contribution < -0.4 is 0 Å². The third-order valence-electron chi connectivity index (χ3n) is 1.59. The molecule has 4 heteroatoms. The molecule has 1 aliphatic rings. The van der Waals surface area contributed by atoms with E-state index in [1.165, 1.54) is 7.11 Å². The van der Waals surface area contributed by atoms with Gasteiger partial charge in [0.05, 0.1) is 26.4 Å². The van der Waals surface area contributed by atoms with E-state index >= 15 is 0 Å². The minimum atomic E-state index is -0.162. The molecule has 1 rings (SSSR count). The Morgan fingerprint density at radius 2 is 2.64 bits per heavy atom. The molecule has 62 valence electrons. The van der Waals surface area contributed by atoms with Gasteiger partial charge in [-0.2, -0.15) is 0 Å². The first-order valence-electron chi connectivity index (χ1n) is 3.64. The average molecular weight is 156 g/mol. The summed E-state index contributed by atoms with van der Waals surface area (Å²) in [6.07, 6.45) is 2.23. The van der Waals surface area contributed by atoms with Crippen LogP contribution in [0.3, 0.4) is 0 Å². The van der Waals surface area contributed by atoms with Crippen LogP contribution >= 0.6 is 0 Å². The highest BCUT2D eigenvalue weighted by atomic mass is 16.5. The molecule has 0 spiro atoms. The van der Waals surface area contributed by atoms with Crippen LogP contribution in [-0.2, 0) is 9.53 Å². The fourth-order valence-corrected chi connectivity index (χ4v) is 0.924. The van der Waals surface area contributed by atoms with Gasteiger partial charge in [0.15, 0.2) is 0 Å². The van der Waals surface area contributed by atoms with Crippen molar-refractivity contribution in [1.29, 1.82) is 0 Å². The molecule has 0 fully saturated rings. The van der Waals surface area contributed by atoms with Crippen molar-refractivity contribution in [1.82, 2.24) is 4.90 Å². The number of hydrogen-bond acceptors (Lipinski definition) is 4. The molecule has 0 saturated carbocycles. The molecule has 0 aromatic carbocycles. The molecule has 0 saturated heterocycles. The van der Waals surface area contributed by atoms with Crippen molar-refractivity contribution in [3.8, 4) is 0 Å². The van der Waals surface area contributed by atoms with Crippen LogP contribution in [-0.4, -0.2) is 44.0 Å². The maximum Gasteiger partial charge on any atom is 0.307 e. The summed E-state index contributed by atoms with van der Waals surface area (Å²) in [5.74, 6) is -0.162. The van der Waals surface area contributed by atoms with Gasteiger partial charge in [0, 0.05) is 13.1 Å². The molecular weight excluding hydrogens is 144 g/mol. The molecule has 0 radical (unpaired) electrons. The lowest BCUT2D eigenvalue weighted by Crippen LogP contribution is -2.23. The van der Waals surface area contributed by atoms with E-state index < -0.39 is 0 Å². The highest BCUT2D eigenvalue weighted by Gasteiger charge is 2.07. The fraction of sp³-hybridized carbons (Fsp3) is 0.714. The number of hydrogen-bond donors (Lipinski definition) is 0. The van der Waals surface area contributed by atoms with E-state index in [1.807, 2.05) is 4.90 Å². The van der Waals surface area contributed by atoms with Crippen LogP contribution in [0.1, 0.15) is 6.42 Å². The normalized spacial score (nSPS) is 15.5. The molecule has 0 amide bonds. The summed E-state index contributed by atoms with van der Waals surface area (Å²) in [4.78, 5) is 16.7. The Balaban J connectivity index is 2.11. The summed E-state index contributed by atoms with van der Waals surface area (Å²) >= 11 is 0. The predicted octanol–water partition coefficient (Wildman–Crippen LogP) is -0.107. The van der Waals surface area contributed by atoms with Gasteiger partial charge in [-0.15, -0.1) is 0 Å². The van der Waals surface area contributed by atoms with Gasteiger partial charge in [0.1, 0.15) is 0 Å². The zero-order valence-electron chi connectivity index (χ0n) is 6.62. The SMILES string of the molecule is COC(=O)CCN1C=NCC1. The van der Waals surface area contributed by atoms with E-state index in [0.29, 0.717) is 6.42 Å². The molecule has 1 aliphatic heterocycles. The third kappa shape index (κ3) is 2.57. The first-order valence-corrected chi connectivity index (χ1v) is 3.64. The lowest BCUT2D eigenvalue weighted by Gasteiger charge is -2.11. The number of nitrogens with zero attached hydrogens (tertiary/aromatic N) is 2. The van der Waals surface area contributed by atoms with Crippen LogP contribution in [0.5, 0.6) is 0 Å². The quantitative estimate of drug-likeness (QED) is 0.535. The van der Waals surface area contributed by atoms with E-state index in [2.05, 4.69) is 9.73 Å². The first kappa shape index (κ1) is 8.04. The lowest BCUT2D eigenvalue weighted by molar-refractivity contribution is -0.140. The van der Waals surface area contributed by atoms with Crippen molar-refractivity contribution in [2.45, 2.75) is 6.42 Å². The number of carbonyl (C=O) groups excluding carboxylic acids is 1. The van der Waals surface area contributed by atoms with Crippen LogP contribution in [0.4, 0.5) is 0 Å². The van der Waals surface area contributed by atoms with Crippen molar-refractivity contribution in [2.24, 2.45) is 4.99 Å². The molecule has 1 heterocycles. The van der Waals surface area contributed by atoms with Crippen LogP contribution in [0, 0.1) is 0 Å². The molecule has 0 aromatic rings. The Hall–Kier alpha value is -1.06. The Labute approximate surface area is 65.9 Å². The van der Waals surface area contributed by atoms with Gasteiger partial charge in [-0.3, -0.25) is 9.79 Å². The van der Waals surface area contributed by atoms with E-state index in [0.717, 1.165) is 19.6 Å². The number of rotatable bonds is 3. The third-order valence-corrected chi connectivity index (χ3v) is 1.59. The summed E-state index contributed by atoms with van der Waals surface area (Å²) in [5, 5.41) is 0. The number of methoxy groups -OCH3 is 1. The molecule has 0 N–H and O–H groups in total. The number of ether oxygens (including phenoxy) is 1. The number of aliphatic imine (C=N–C) groups is 1. The Morgan fingerprint density at radius 1 is 1.82 bits per heavy atom. The zero-order chi connectivity index (χ0) is 8.10. The lowest BCUT2D eigenvalue weighted by atomic mass is 10.4. The topological polar surface area (TPSA) is 41.9 Å². The minimum Gasteiger partial charge on any atom is -0.469 e. The molecular formula is C7H12N2O2. The van der Waals surface area contributed by atoms with E-state index in [9.17, 15) is 4.79 Å². The summed E-state index contributed by atoms with van der Waals surface area (Å²) in [5.41, 5.74) is 0. The summed E-state index contributed by atoms with van der Waals surface area (Å²) in [7, 11) is 1.40. The molecule has 0 aliphatic carbocycles. The van der Waals surface area contributed by atoms with E-state index in [1.54, 1.807) is 6.34 Å². The summed E-state index contributed by atoms with van der Waals surface area (Å²) in [6.45, 7) is 2.49. The van der Waals surface area contributed by atoms with Gasteiger partial charge < -0.3 is 9.64 Å². The highest BCUT2D eigenvalue weighted by molar-refractivity contribution is 5.70. The van der Waals surface area contributed by atoms with Crippen molar-refractivity contribution < 1.29 is 9.53 Å². The van der Waals surface area contributed by atoms with Gasteiger partial charge in [0.2, 0.25) is 0 Å². The van der Waals surface area contributed by atoms with Gasteiger partial charge >= 0.3 is 5.97 Å². The standard InChI is InChI=1S/C7H12N2O2/c1-11-7(10)2-4-9-5-3-8-6-9/h6H,2-5H2,1H3. The van der Waals surface area contributed by atoms with Gasteiger partial charge in [-0.25, -0.2) is 0 Å². The maximum absolute atomic E-state index is 10.7. The molecule has 11 heavy (non-hydrogen) atoms. The van der Waals surface area contributed by atoms with Crippen molar-refractivity contribution >= 4 is 12.3 Å². The maximum atomic E-state index is 10.7. The monoisotopic (exact) mass is 156 g/mol. The average Bonchev–Trinajstić information content (AvgIpc) is 2.52. The van der Waals surface area contributed by atoms with E-state index in [-0.39, 0.29) is 5.97 Å². The molecule has 0 unspecified atom stereocenters.